The first-order chi connectivity index (χ1) is 11.4. The summed E-state index contributed by atoms with van der Waals surface area (Å²) in [6.07, 6.45) is -0.630. The van der Waals surface area contributed by atoms with Crippen LogP contribution in [0.2, 0.25) is 5.02 Å². The third kappa shape index (κ3) is 3.44. The fourth-order valence-corrected chi connectivity index (χ4v) is 4.08. The summed E-state index contributed by atoms with van der Waals surface area (Å²) in [7, 11) is -3.70. The van der Waals surface area contributed by atoms with Crippen LogP contribution in [-0.4, -0.2) is 42.9 Å². The molecule has 6 nitrogen and oxygen atoms in total. The van der Waals surface area contributed by atoms with E-state index in [0.717, 1.165) is 0 Å². The average Bonchev–Trinajstić information content (AvgIpc) is 2.52. The number of carbonyl (C=O) groups is 1. The smallest absolute Gasteiger partial charge is 0.255 e. The molecule has 1 saturated heterocycles. The summed E-state index contributed by atoms with van der Waals surface area (Å²) < 4.78 is 26.0. The van der Waals surface area contributed by atoms with E-state index in [-0.39, 0.29) is 23.5 Å². The van der Waals surface area contributed by atoms with Crippen molar-refractivity contribution in [2.45, 2.75) is 11.0 Å². The van der Waals surface area contributed by atoms with E-state index in [4.69, 9.17) is 11.6 Å². The van der Waals surface area contributed by atoms with Crippen molar-refractivity contribution in [3.8, 4) is 0 Å². The van der Waals surface area contributed by atoms with E-state index in [9.17, 15) is 18.3 Å². The molecule has 1 aliphatic rings. The van der Waals surface area contributed by atoms with Gasteiger partial charge >= 0.3 is 0 Å². The van der Waals surface area contributed by atoms with Crippen molar-refractivity contribution in [2.24, 2.45) is 0 Å². The second-order valence-electron chi connectivity index (χ2n) is 5.47. The van der Waals surface area contributed by atoms with Gasteiger partial charge in [-0.1, -0.05) is 23.7 Å². The molecule has 0 unspecified atom stereocenters. The van der Waals surface area contributed by atoms with Gasteiger partial charge in [-0.25, -0.2) is 8.42 Å². The molecule has 126 valence electrons. The van der Waals surface area contributed by atoms with Crippen LogP contribution in [0.4, 0.5) is 5.69 Å². The van der Waals surface area contributed by atoms with Crippen LogP contribution in [0.5, 0.6) is 0 Å². The van der Waals surface area contributed by atoms with Crippen molar-refractivity contribution in [2.75, 3.05) is 18.4 Å². The molecule has 24 heavy (non-hydrogen) atoms. The van der Waals surface area contributed by atoms with E-state index in [2.05, 4.69) is 5.32 Å². The van der Waals surface area contributed by atoms with E-state index in [1.54, 1.807) is 24.3 Å². The molecule has 1 heterocycles. The number of anilines is 1. The van der Waals surface area contributed by atoms with Gasteiger partial charge in [-0.3, -0.25) is 4.79 Å². The Kier molecular flexibility index (Phi) is 4.60. The normalized spacial score (nSPS) is 15.8. The number of carbonyl (C=O) groups excluding carboxylic acids is 1. The zero-order valence-electron chi connectivity index (χ0n) is 12.5. The van der Waals surface area contributed by atoms with Crippen LogP contribution >= 0.6 is 11.6 Å². The summed E-state index contributed by atoms with van der Waals surface area (Å²) in [4.78, 5) is 12.3. The Morgan fingerprint density at radius 1 is 1.17 bits per heavy atom. The maximum absolute atomic E-state index is 12.4. The van der Waals surface area contributed by atoms with Gasteiger partial charge in [0.15, 0.2) is 0 Å². The predicted octanol–water partition coefficient (Wildman–Crippen LogP) is 1.96. The molecular formula is C16H15ClN2O4S. The van der Waals surface area contributed by atoms with Crippen LogP contribution < -0.4 is 5.32 Å². The van der Waals surface area contributed by atoms with E-state index < -0.39 is 22.0 Å². The van der Waals surface area contributed by atoms with Gasteiger partial charge in [0.1, 0.15) is 0 Å². The number of hydrogen-bond acceptors (Lipinski definition) is 4. The molecule has 3 rings (SSSR count). The third-order valence-electron chi connectivity index (χ3n) is 3.65. The van der Waals surface area contributed by atoms with Gasteiger partial charge in [-0.2, -0.15) is 4.31 Å². The molecule has 2 aromatic carbocycles. The maximum atomic E-state index is 12.4. The predicted molar refractivity (Wildman–Crippen MR) is 90.6 cm³/mol. The minimum atomic E-state index is -3.70. The molecule has 2 N–H and O–H groups in total. The zero-order chi connectivity index (χ0) is 17.3. The first-order valence-corrected chi connectivity index (χ1v) is 9.03. The van der Waals surface area contributed by atoms with E-state index in [0.29, 0.717) is 10.7 Å². The molecule has 0 aliphatic carbocycles. The van der Waals surface area contributed by atoms with Gasteiger partial charge < -0.3 is 10.4 Å². The number of aliphatic hydroxyl groups is 1. The van der Waals surface area contributed by atoms with Crippen LogP contribution in [0.15, 0.2) is 53.4 Å². The molecule has 0 atom stereocenters. The van der Waals surface area contributed by atoms with E-state index in [1.165, 1.54) is 28.6 Å². The second kappa shape index (κ2) is 6.52. The van der Waals surface area contributed by atoms with Crippen LogP contribution in [0.1, 0.15) is 10.4 Å². The lowest BCUT2D eigenvalue weighted by atomic mass is 10.2. The second-order valence-corrected chi connectivity index (χ2v) is 7.84. The third-order valence-corrected chi connectivity index (χ3v) is 5.71. The highest BCUT2D eigenvalue weighted by atomic mass is 35.5. The first kappa shape index (κ1) is 16.9. The Morgan fingerprint density at radius 2 is 1.88 bits per heavy atom. The lowest BCUT2D eigenvalue weighted by Gasteiger charge is -2.34. The van der Waals surface area contributed by atoms with Crippen LogP contribution in [0.3, 0.4) is 0 Å². The van der Waals surface area contributed by atoms with Crippen molar-refractivity contribution in [3.63, 3.8) is 0 Å². The lowest BCUT2D eigenvalue weighted by molar-refractivity contribution is 0.0548. The van der Waals surface area contributed by atoms with Crippen LogP contribution in [-0.2, 0) is 10.0 Å². The van der Waals surface area contributed by atoms with Crippen molar-refractivity contribution < 1.29 is 18.3 Å². The number of amides is 1. The standard InChI is InChI=1S/C16H15ClN2O4S/c17-12-4-2-5-13(8-12)18-16(21)11-3-1-6-15(7-11)24(22,23)19-9-14(20)10-19/h1-8,14,20H,9-10H2,(H,18,21). The quantitative estimate of drug-likeness (QED) is 0.866. The summed E-state index contributed by atoms with van der Waals surface area (Å²) in [5.74, 6) is -0.432. The maximum Gasteiger partial charge on any atom is 0.255 e. The van der Waals surface area contributed by atoms with E-state index in [1.807, 2.05) is 0 Å². The molecular weight excluding hydrogens is 352 g/mol. The Hall–Kier alpha value is -1.93. The van der Waals surface area contributed by atoms with Crippen LogP contribution in [0, 0.1) is 0 Å². The van der Waals surface area contributed by atoms with Crippen LogP contribution in [0.25, 0.3) is 0 Å². The molecule has 2 aromatic rings. The fraction of sp³-hybridized carbons (Fsp3) is 0.188. The molecule has 1 fully saturated rings. The van der Waals surface area contributed by atoms with Crippen molar-refractivity contribution in [3.05, 3.63) is 59.1 Å². The number of aliphatic hydroxyl groups excluding tert-OH is 1. The van der Waals surface area contributed by atoms with Crippen molar-refractivity contribution >= 4 is 33.2 Å². The SMILES string of the molecule is O=C(Nc1cccc(Cl)c1)c1cccc(S(=O)(=O)N2CC(O)C2)c1. The van der Waals surface area contributed by atoms with Gasteiger partial charge in [0.05, 0.1) is 11.0 Å². The zero-order valence-corrected chi connectivity index (χ0v) is 14.1. The fourth-order valence-electron chi connectivity index (χ4n) is 2.33. The molecule has 8 heteroatoms. The summed E-state index contributed by atoms with van der Waals surface area (Å²) >= 11 is 5.87. The molecule has 0 radical (unpaired) electrons. The molecule has 0 saturated carbocycles. The molecule has 1 aliphatic heterocycles. The summed E-state index contributed by atoms with van der Waals surface area (Å²) in [5.41, 5.74) is 0.740. The molecule has 0 aromatic heterocycles. The van der Waals surface area contributed by atoms with Gasteiger partial charge in [0.2, 0.25) is 10.0 Å². The number of rotatable bonds is 4. The largest absolute Gasteiger partial charge is 0.390 e. The Morgan fingerprint density at radius 3 is 2.54 bits per heavy atom. The average molecular weight is 367 g/mol. The minimum Gasteiger partial charge on any atom is -0.390 e. The number of nitrogens with one attached hydrogen (secondary N) is 1. The number of nitrogens with zero attached hydrogens (tertiary/aromatic N) is 1. The van der Waals surface area contributed by atoms with Gasteiger partial charge in [-0.05, 0) is 36.4 Å². The first-order valence-electron chi connectivity index (χ1n) is 7.21. The van der Waals surface area contributed by atoms with Crippen molar-refractivity contribution in [1.82, 2.24) is 4.31 Å². The van der Waals surface area contributed by atoms with E-state index >= 15 is 0 Å². The Balaban J connectivity index is 1.81. The highest BCUT2D eigenvalue weighted by Gasteiger charge is 2.35. The number of halogens is 1. The molecule has 0 spiro atoms. The molecule has 1 amide bonds. The highest BCUT2D eigenvalue weighted by molar-refractivity contribution is 7.89. The highest BCUT2D eigenvalue weighted by Crippen LogP contribution is 2.23. The summed E-state index contributed by atoms with van der Waals surface area (Å²) in [6.45, 7) is 0.141. The Labute approximate surface area is 144 Å². The minimum absolute atomic E-state index is 0.0214. The lowest BCUT2D eigenvalue weighted by Crippen LogP contribution is -2.53. The number of sulfonamides is 1. The number of β-amino-alcohol motifs (C(OH)–C–C–N with tert-alkyl or cyclic N) is 1. The van der Waals surface area contributed by atoms with Gasteiger partial charge in [-0.15, -0.1) is 0 Å². The van der Waals surface area contributed by atoms with Gasteiger partial charge in [0.25, 0.3) is 5.91 Å². The monoisotopic (exact) mass is 366 g/mol. The number of benzene rings is 2. The summed E-state index contributed by atoms with van der Waals surface area (Å²) in [5, 5.41) is 12.4. The number of hydrogen-bond donors (Lipinski definition) is 2. The Bertz CT molecular complexity index is 879. The molecule has 0 bridgehead atoms. The van der Waals surface area contributed by atoms with Crippen molar-refractivity contribution in [1.29, 1.82) is 0 Å². The van der Waals surface area contributed by atoms with Gasteiger partial charge in [0, 0.05) is 29.4 Å². The summed E-state index contributed by atoms with van der Waals surface area (Å²) in [6, 6.07) is 12.5. The topological polar surface area (TPSA) is 86.7 Å².